The SMILES string of the molecule is [O-][N+]1(CCc2cccc(-c3ccncc3)c2)CC=C(c2ccc(C(F)(F)F)cc2)CC1. The highest BCUT2D eigenvalue weighted by Gasteiger charge is 2.30. The lowest BCUT2D eigenvalue weighted by atomic mass is 9.97. The molecular weight excluding hydrogens is 401 g/mol. The molecule has 3 nitrogen and oxygen atoms in total. The van der Waals surface area contributed by atoms with Crippen molar-refractivity contribution in [1.82, 2.24) is 4.98 Å². The molecule has 0 N–H and O–H groups in total. The van der Waals surface area contributed by atoms with E-state index in [2.05, 4.69) is 11.1 Å². The van der Waals surface area contributed by atoms with Gasteiger partial charge in [0, 0.05) is 25.2 Å². The van der Waals surface area contributed by atoms with E-state index in [4.69, 9.17) is 0 Å². The summed E-state index contributed by atoms with van der Waals surface area (Å²) in [5.41, 5.74) is 4.34. The van der Waals surface area contributed by atoms with Gasteiger partial charge in [-0.05, 0) is 58.2 Å². The van der Waals surface area contributed by atoms with Crippen molar-refractivity contribution in [3.63, 3.8) is 0 Å². The van der Waals surface area contributed by atoms with Crippen LogP contribution >= 0.6 is 0 Å². The van der Waals surface area contributed by atoms with E-state index in [0.29, 0.717) is 32.5 Å². The van der Waals surface area contributed by atoms with Gasteiger partial charge in [0.2, 0.25) is 0 Å². The Morgan fingerprint density at radius 3 is 2.29 bits per heavy atom. The number of pyridine rings is 1. The standard InChI is InChI=1S/C25H23F3N2O/c26-25(27,28)24-6-4-20(5-7-24)22-11-16-30(31,17-12-22)15-10-19-2-1-3-23(18-19)21-8-13-29-14-9-21/h1-9,11,13-14,18H,10,12,15-17H2. The first-order valence-corrected chi connectivity index (χ1v) is 10.3. The molecule has 2 heterocycles. The van der Waals surface area contributed by atoms with E-state index in [0.717, 1.165) is 40.0 Å². The summed E-state index contributed by atoms with van der Waals surface area (Å²) in [7, 11) is 0. The molecule has 160 valence electrons. The molecule has 0 saturated carbocycles. The van der Waals surface area contributed by atoms with Gasteiger partial charge < -0.3 is 9.85 Å². The third kappa shape index (κ3) is 5.21. The molecule has 0 radical (unpaired) electrons. The van der Waals surface area contributed by atoms with E-state index >= 15 is 0 Å². The van der Waals surface area contributed by atoms with Crippen LogP contribution in [0, 0.1) is 5.21 Å². The number of nitrogens with zero attached hydrogens (tertiary/aromatic N) is 2. The van der Waals surface area contributed by atoms with Crippen molar-refractivity contribution in [2.75, 3.05) is 19.6 Å². The maximum absolute atomic E-state index is 13.1. The lowest BCUT2D eigenvalue weighted by Crippen LogP contribution is -2.46. The Kier molecular flexibility index (Phi) is 5.94. The Balaban J connectivity index is 1.39. The smallest absolute Gasteiger partial charge is 0.416 e. The van der Waals surface area contributed by atoms with Crippen molar-refractivity contribution in [2.45, 2.75) is 19.0 Å². The number of aromatic nitrogens is 1. The summed E-state index contributed by atoms with van der Waals surface area (Å²) >= 11 is 0. The van der Waals surface area contributed by atoms with Crippen LogP contribution in [0.5, 0.6) is 0 Å². The first kappa shape index (κ1) is 21.3. The predicted molar refractivity (Wildman–Crippen MR) is 116 cm³/mol. The van der Waals surface area contributed by atoms with Gasteiger partial charge in [0.1, 0.15) is 0 Å². The number of hydrogen-bond donors (Lipinski definition) is 0. The fraction of sp³-hybridized carbons (Fsp3) is 0.240. The summed E-state index contributed by atoms with van der Waals surface area (Å²) in [5.74, 6) is 0. The summed E-state index contributed by atoms with van der Waals surface area (Å²) in [4.78, 5) is 4.04. The Bertz CT molecular complexity index is 1060. The largest absolute Gasteiger partial charge is 0.633 e. The molecule has 0 amide bonds. The van der Waals surface area contributed by atoms with Gasteiger partial charge in [-0.2, -0.15) is 13.2 Å². The first-order valence-electron chi connectivity index (χ1n) is 10.3. The summed E-state index contributed by atoms with van der Waals surface area (Å²) in [6, 6.07) is 17.3. The van der Waals surface area contributed by atoms with Crippen LogP contribution in [-0.2, 0) is 12.6 Å². The van der Waals surface area contributed by atoms with Crippen molar-refractivity contribution in [3.8, 4) is 11.1 Å². The van der Waals surface area contributed by atoms with Crippen LogP contribution < -0.4 is 0 Å². The van der Waals surface area contributed by atoms with Gasteiger partial charge in [0.15, 0.2) is 0 Å². The summed E-state index contributed by atoms with van der Waals surface area (Å²) < 4.78 is 37.9. The molecule has 3 aromatic rings. The van der Waals surface area contributed by atoms with Crippen LogP contribution in [0.3, 0.4) is 0 Å². The monoisotopic (exact) mass is 424 g/mol. The molecular formula is C25H23F3N2O. The molecule has 0 saturated heterocycles. The fourth-order valence-corrected chi connectivity index (χ4v) is 3.92. The average Bonchev–Trinajstić information content (AvgIpc) is 2.79. The van der Waals surface area contributed by atoms with Crippen LogP contribution in [0.15, 0.2) is 79.1 Å². The van der Waals surface area contributed by atoms with E-state index in [-0.39, 0.29) is 4.65 Å². The Morgan fingerprint density at radius 2 is 1.65 bits per heavy atom. The zero-order chi connectivity index (χ0) is 21.9. The van der Waals surface area contributed by atoms with Crippen molar-refractivity contribution in [1.29, 1.82) is 0 Å². The lowest BCUT2D eigenvalue weighted by molar-refractivity contribution is -0.875. The minimum atomic E-state index is -4.34. The molecule has 6 heteroatoms. The van der Waals surface area contributed by atoms with E-state index in [9.17, 15) is 18.4 Å². The number of rotatable bonds is 5. The van der Waals surface area contributed by atoms with E-state index in [1.165, 1.54) is 12.1 Å². The van der Waals surface area contributed by atoms with Gasteiger partial charge in [-0.1, -0.05) is 36.4 Å². The summed E-state index contributed by atoms with van der Waals surface area (Å²) in [6.07, 6.45) is 2.29. The second kappa shape index (κ2) is 8.65. The van der Waals surface area contributed by atoms with Crippen LogP contribution in [0.2, 0.25) is 0 Å². The molecule has 2 aromatic carbocycles. The molecule has 1 unspecified atom stereocenters. The topological polar surface area (TPSA) is 36.0 Å². The van der Waals surface area contributed by atoms with Gasteiger partial charge >= 0.3 is 6.18 Å². The number of halogens is 3. The quantitative estimate of drug-likeness (QED) is 0.366. The molecule has 0 spiro atoms. The molecule has 0 aliphatic carbocycles. The first-order chi connectivity index (χ1) is 14.8. The average molecular weight is 424 g/mol. The van der Waals surface area contributed by atoms with E-state index < -0.39 is 11.7 Å². The van der Waals surface area contributed by atoms with Crippen LogP contribution in [0.4, 0.5) is 13.2 Å². The van der Waals surface area contributed by atoms with Crippen LogP contribution in [0.25, 0.3) is 16.7 Å². The minimum Gasteiger partial charge on any atom is -0.633 e. The second-order valence-corrected chi connectivity index (χ2v) is 7.93. The molecule has 1 atom stereocenters. The Morgan fingerprint density at radius 1 is 0.903 bits per heavy atom. The van der Waals surface area contributed by atoms with Crippen LogP contribution in [0.1, 0.15) is 23.1 Å². The number of alkyl halides is 3. The van der Waals surface area contributed by atoms with Crippen molar-refractivity contribution < 1.29 is 17.8 Å². The maximum atomic E-state index is 13.1. The van der Waals surface area contributed by atoms with Crippen molar-refractivity contribution in [3.05, 3.63) is 101 Å². The van der Waals surface area contributed by atoms with Crippen molar-refractivity contribution in [2.24, 2.45) is 0 Å². The zero-order valence-electron chi connectivity index (χ0n) is 17.0. The molecule has 0 bridgehead atoms. The zero-order valence-corrected chi connectivity index (χ0v) is 17.0. The van der Waals surface area contributed by atoms with Gasteiger partial charge in [-0.15, -0.1) is 0 Å². The minimum absolute atomic E-state index is 0.316. The molecule has 0 fully saturated rings. The molecule has 4 rings (SSSR count). The molecule has 1 aromatic heterocycles. The van der Waals surface area contributed by atoms with E-state index in [1.807, 2.05) is 36.4 Å². The van der Waals surface area contributed by atoms with E-state index in [1.54, 1.807) is 12.4 Å². The van der Waals surface area contributed by atoms with Gasteiger partial charge in [-0.3, -0.25) is 4.98 Å². The molecule has 31 heavy (non-hydrogen) atoms. The van der Waals surface area contributed by atoms with Gasteiger partial charge in [-0.25, -0.2) is 0 Å². The number of hydroxylamine groups is 3. The van der Waals surface area contributed by atoms with Crippen LogP contribution in [-0.4, -0.2) is 29.3 Å². The van der Waals surface area contributed by atoms with Crippen molar-refractivity contribution >= 4 is 5.57 Å². The maximum Gasteiger partial charge on any atom is 0.416 e. The molecule has 1 aliphatic heterocycles. The fourth-order valence-electron chi connectivity index (χ4n) is 3.92. The highest BCUT2D eigenvalue weighted by Crippen LogP contribution is 2.32. The Labute approximate surface area is 179 Å². The molecule has 1 aliphatic rings. The lowest BCUT2D eigenvalue weighted by Gasteiger charge is -2.44. The number of benzene rings is 2. The predicted octanol–water partition coefficient (Wildman–Crippen LogP) is 6.11. The third-order valence-corrected chi connectivity index (χ3v) is 5.79. The Hall–Kier alpha value is -2.96. The number of hydrogen-bond acceptors (Lipinski definition) is 2. The highest BCUT2D eigenvalue weighted by molar-refractivity contribution is 5.66. The van der Waals surface area contributed by atoms with Gasteiger partial charge in [0.05, 0.1) is 25.2 Å². The summed E-state index contributed by atoms with van der Waals surface area (Å²) in [5, 5.41) is 13.1. The third-order valence-electron chi connectivity index (χ3n) is 5.79. The highest BCUT2D eigenvalue weighted by atomic mass is 19.4. The summed E-state index contributed by atoms with van der Waals surface area (Å²) in [6.45, 7) is 1.23. The normalized spacial score (nSPS) is 19.2. The number of quaternary nitrogens is 1. The van der Waals surface area contributed by atoms with Gasteiger partial charge in [0.25, 0.3) is 0 Å². The second-order valence-electron chi connectivity index (χ2n) is 7.93.